The number of carbonyl (C=O) groups excluding carboxylic acids is 1. The molecule has 0 atom stereocenters. The van der Waals surface area contributed by atoms with Crippen LogP contribution in [0, 0.1) is 5.41 Å². The van der Waals surface area contributed by atoms with Gasteiger partial charge in [0.25, 0.3) is 5.91 Å². The number of anilines is 1. The normalized spacial score (nSPS) is 18.2. The van der Waals surface area contributed by atoms with Gasteiger partial charge in [-0.05, 0) is 85.2 Å². The molecule has 2 aromatic rings. The lowest BCUT2D eigenvalue weighted by molar-refractivity contribution is 0.0746. The maximum Gasteiger partial charge on any atom is 0.253 e. The summed E-state index contributed by atoms with van der Waals surface area (Å²) in [5, 5.41) is 0. The monoisotopic (exact) mass is 507 g/mol. The Hall–Kier alpha value is -2.73. The van der Waals surface area contributed by atoms with Gasteiger partial charge in [-0.2, -0.15) is 0 Å². The van der Waals surface area contributed by atoms with E-state index in [4.69, 9.17) is 9.47 Å². The van der Waals surface area contributed by atoms with Gasteiger partial charge >= 0.3 is 0 Å². The summed E-state index contributed by atoms with van der Waals surface area (Å²) in [6.07, 6.45) is 3.69. The van der Waals surface area contributed by atoms with Crippen LogP contribution in [0.25, 0.3) is 0 Å². The van der Waals surface area contributed by atoms with Crippen LogP contribution >= 0.6 is 0 Å². The van der Waals surface area contributed by atoms with Crippen LogP contribution in [0.3, 0.4) is 0 Å². The second-order valence-electron chi connectivity index (χ2n) is 11.6. The molecule has 4 rings (SSSR count). The number of piperidine rings is 1. The Morgan fingerprint density at radius 2 is 1.73 bits per heavy atom. The summed E-state index contributed by atoms with van der Waals surface area (Å²) in [5.41, 5.74) is 3.44. The molecule has 0 unspecified atom stereocenters. The van der Waals surface area contributed by atoms with Crippen molar-refractivity contribution in [3.8, 4) is 11.5 Å². The van der Waals surface area contributed by atoms with Crippen molar-refractivity contribution in [1.29, 1.82) is 0 Å². The highest BCUT2D eigenvalue weighted by Crippen LogP contribution is 2.29. The molecular weight excluding hydrogens is 462 g/mol. The first kappa shape index (κ1) is 27.3. The van der Waals surface area contributed by atoms with E-state index in [-0.39, 0.29) is 5.91 Å². The Morgan fingerprint density at radius 1 is 1.00 bits per heavy atom. The second kappa shape index (κ2) is 12.2. The van der Waals surface area contributed by atoms with Gasteiger partial charge in [-0.3, -0.25) is 4.79 Å². The minimum absolute atomic E-state index is 0.0982. The molecule has 0 saturated carbocycles. The van der Waals surface area contributed by atoms with E-state index in [1.165, 1.54) is 31.6 Å². The summed E-state index contributed by atoms with van der Waals surface area (Å²) in [5.74, 6) is 2.17. The summed E-state index contributed by atoms with van der Waals surface area (Å²) in [7, 11) is 1.68. The molecule has 2 heterocycles. The number of hydrogen-bond donors (Lipinski definition) is 0. The molecule has 2 saturated heterocycles. The zero-order valence-corrected chi connectivity index (χ0v) is 23.5. The number of piperazine rings is 1. The highest BCUT2D eigenvalue weighted by molar-refractivity contribution is 5.94. The minimum atomic E-state index is 0.0982. The van der Waals surface area contributed by atoms with Crippen molar-refractivity contribution >= 4 is 11.6 Å². The Balaban J connectivity index is 1.22. The Labute approximate surface area is 223 Å². The average Bonchev–Trinajstić information content (AvgIpc) is 2.90. The fourth-order valence-corrected chi connectivity index (χ4v) is 5.64. The third-order valence-electron chi connectivity index (χ3n) is 7.73. The molecule has 0 spiro atoms. The van der Waals surface area contributed by atoms with Gasteiger partial charge in [-0.1, -0.05) is 27.7 Å². The molecule has 6 nitrogen and oxygen atoms in total. The van der Waals surface area contributed by atoms with Crippen molar-refractivity contribution in [2.24, 2.45) is 5.41 Å². The van der Waals surface area contributed by atoms with Gasteiger partial charge in [0.1, 0.15) is 11.5 Å². The second-order valence-corrected chi connectivity index (χ2v) is 11.6. The summed E-state index contributed by atoms with van der Waals surface area (Å²) >= 11 is 0. The molecule has 6 heteroatoms. The molecule has 37 heavy (non-hydrogen) atoms. The van der Waals surface area contributed by atoms with E-state index in [9.17, 15) is 4.79 Å². The Morgan fingerprint density at radius 3 is 2.38 bits per heavy atom. The van der Waals surface area contributed by atoms with Crippen LogP contribution in [0.1, 0.15) is 68.8 Å². The van der Waals surface area contributed by atoms with Crippen molar-refractivity contribution < 1.29 is 14.3 Å². The van der Waals surface area contributed by atoms with E-state index in [0.29, 0.717) is 24.4 Å². The van der Waals surface area contributed by atoms with Crippen molar-refractivity contribution in [3.05, 3.63) is 53.6 Å². The number of hydrogen-bond acceptors (Lipinski definition) is 5. The molecule has 2 aliphatic heterocycles. The zero-order valence-electron chi connectivity index (χ0n) is 23.5. The third kappa shape index (κ3) is 7.19. The lowest BCUT2D eigenvalue weighted by Gasteiger charge is -2.38. The summed E-state index contributed by atoms with van der Waals surface area (Å²) < 4.78 is 11.5. The number of rotatable bonds is 9. The number of amides is 1. The molecule has 0 radical (unpaired) electrons. The Kier molecular flexibility index (Phi) is 9.01. The first-order valence-electron chi connectivity index (χ1n) is 13.9. The highest BCUT2D eigenvalue weighted by atomic mass is 16.5. The molecule has 1 amide bonds. The molecule has 202 valence electrons. The first-order chi connectivity index (χ1) is 17.8. The quantitative estimate of drug-likeness (QED) is 0.409. The summed E-state index contributed by atoms with van der Waals surface area (Å²) in [4.78, 5) is 20.1. The number of methoxy groups -OCH3 is 1. The van der Waals surface area contributed by atoms with Crippen LogP contribution in [-0.2, 0) is 0 Å². The van der Waals surface area contributed by atoms with Crippen LogP contribution in [0.15, 0.2) is 42.5 Å². The topological polar surface area (TPSA) is 45.3 Å². The number of likely N-dealkylation sites (tertiary alicyclic amines) is 1. The van der Waals surface area contributed by atoms with E-state index < -0.39 is 0 Å². The SMILES string of the molecule is COc1ccc(C(=O)N2CCN(c3ccc(OCCCN4CCCC(C)(C)C4)cc3)CC2)cc1C(C)C. The molecule has 0 aromatic heterocycles. The van der Waals surface area contributed by atoms with Crippen molar-refractivity contribution in [2.45, 2.75) is 52.9 Å². The molecule has 0 N–H and O–H groups in total. The Bertz CT molecular complexity index is 1030. The van der Waals surface area contributed by atoms with E-state index in [1.807, 2.05) is 23.1 Å². The molecular formula is C31H45N3O3. The lowest BCUT2D eigenvalue weighted by atomic mass is 9.84. The van der Waals surface area contributed by atoms with Gasteiger partial charge in [0.05, 0.1) is 13.7 Å². The van der Waals surface area contributed by atoms with Crippen molar-refractivity contribution in [2.75, 3.05) is 64.4 Å². The number of ether oxygens (including phenoxy) is 2. The van der Waals surface area contributed by atoms with Gasteiger partial charge in [0, 0.05) is 50.5 Å². The van der Waals surface area contributed by atoms with E-state index >= 15 is 0 Å². The third-order valence-corrected chi connectivity index (χ3v) is 7.73. The molecule has 0 aliphatic carbocycles. The van der Waals surface area contributed by atoms with Crippen LogP contribution in [-0.4, -0.2) is 75.2 Å². The smallest absolute Gasteiger partial charge is 0.253 e. The standard InChI is InChI=1S/C31H45N3O3/c1-24(2)28-22-25(8-13-29(28)36-5)30(35)34-19-17-33(18-20-34)26-9-11-27(12-10-26)37-21-7-16-32-15-6-14-31(3,4)23-32/h8-13,22,24H,6-7,14-21,23H2,1-5H3. The van der Waals surface area contributed by atoms with Crippen molar-refractivity contribution in [3.63, 3.8) is 0 Å². The van der Waals surface area contributed by atoms with E-state index in [0.717, 1.165) is 55.3 Å². The predicted octanol–water partition coefficient (Wildman–Crippen LogP) is 5.67. The van der Waals surface area contributed by atoms with Crippen LogP contribution < -0.4 is 14.4 Å². The van der Waals surface area contributed by atoms with Gasteiger partial charge in [0.15, 0.2) is 0 Å². The largest absolute Gasteiger partial charge is 0.496 e. The first-order valence-corrected chi connectivity index (χ1v) is 13.9. The summed E-state index contributed by atoms with van der Waals surface area (Å²) in [6.45, 7) is 16.3. The van der Waals surface area contributed by atoms with Crippen LogP contribution in [0.5, 0.6) is 11.5 Å². The van der Waals surface area contributed by atoms with Crippen LogP contribution in [0.4, 0.5) is 5.69 Å². The maximum absolute atomic E-state index is 13.2. The lowest BCUT2D eigenvalue weighted by Crippen LogP contribution is -2.48. The average molecular weight is 508 g/mol. The van der Waals surface area contributed by atoms with Crippen molar-refractivity contribution in [1.82, 2.24) is 9.80 Å². The summed E-state index contributed by atoms with van der Waals surface area (Å²) in [6, 6.07) is 14.2. The van der Waals surface area contributed by atoms with Crippen LogP contribution in [0.2, 0.25) is 0 Å². The zero-order chi connectivity index (χ0) is 26.4. The number of nitrogens with zero attached hydrogens (tertiary/aromatic N) is 3. The van der Waals surface area contributed by atoms with Gasteiger partial charge < -0.3 is 24.2 Å². The maximum atomic E-state index is 13.2. The molecule has 0 bridgehead atoms. The molecule has 2 aliphatic rings. The van der Waals surface area contributed by atoms with E-state index in [2.05, 4.69) is 61.8 Å². The molecule has 2 aromatic carbocycles. The van der Waals surface area contributed by atoms with Gasteiger partial charge in [-0.15, -0.1) is 0 Å². The van der Waals surface area contributed by atoms with E-state index in [1.54, 1.807) is 7.11 Å². The fourth-order valence-electron chi connectivity index (χ4n) is 5.64. The highest BCUT2D eigenvalue weighted by Gasteiger charge is 2.26. The fraction of sp³-hybridized carbons (Fsp3) is 0.581. The number of carbonyl (C=O) groups is 1. The minimum Gasteiger partial charge on any atom is -0.496 e. The number of benzene rings is 2. The predicted molar refractivity (Wildman–Crippen MR) is 151 cm³/mol. The van der Waals surface area contributed by atoms with Gasteiger partial charge in [0.2, 0.25) is 0 Å². The van der Waals surface area contributed by atoms with Gasteiger partial charge in [-0.25, -0.2) is 0 Å². The molecule has 2 fully saturated rings.